The summed E-state index contributed by atoms with van der Waals surface area (Å²) in [6, 6.07) is 6.64. The third-order valence-corrected chi connectivity index (χ3v) is 3.47. The zero-order chi connectivity index (χ0) is 12.4. The lowest BCUT2D eigenvalue weighted by Gasteiger charge is -2.40. The number of nitrogen functional groups attached to an aromatic ring is 1. The summed E-state index contributed by atoms with van der Waals surface area (Å²) >= 11 is 0. The molecule has 94 valence electrons. The third-order valence-electron chi connectivity index (χ3n) is 3.47. The molecule has 0 aliphatic carbocycles. The molecule has 3 heteroatoms. The van der Waals surface area contributed by atoms with Crippen molar-refractivity contribution in [2.24, 2.45) is 0 Å². The number of benzene rings is 1. The number of anilines is 2. The van der Waals surface area contributed by atoms with E-state index in [1.807, 2.05) is 12.1 Å². The van der Waals surface area contributed by atoms with Gasteiger partial charge in [-0.3, -0.25) is 0 Å². The van der Waals surface area contributed by atoms with E-state index in [1.54, 1.807) is 0 Å². The highest BCUT2D eigenvalue weighted by molar-refractivity contribution is 5.60. The first-order valence-corrected chi connectivity index (χ1v) is 6.36. The average molecular weight is 234 g/mol. The highest BCUT2D eigenvalue weighted by Crippen LogP contribution is 2.27. The summed E-state index contributed by atoms with van der Waals surface area (Å²) in [4.78, 5) is 2.46. The Morgan fingerprint density at radius 3 is 2.88 bits per heavy atom. The van der Waals surface area contributed by atoms with E-state index < -0.39 is 0 Å². The molecular weight excluding hydrogens is 212 g/mol. The molecule has 2 N–H and O–H groups in total. The van der Waals surface area contributed by atoms with Gasteiger partial charge in [0.15, 0.2) is 0 Å². The van der Waals surface area contributed by atoms with Gasteiger partial charge in [0, 0.05) is 17.9 Å². The van der Waals surface area contributed by atoms with E-state index in [0.717, 1.165) is 25.3 Å². The Kier molecular flexibility index (Phi) is 3.57. The molecule has 0 bridgehead atoms. The van der Waals surface area contributed by atoms with Crippen molar-refractivity contribution in [3.8, 4) is 0 Å². The van der Waals surface area contributed by atoms with E-state index in [0.29, 0.717) is 12.1 Å². The van der Waals surface area contributed by atoms with Crippen molar-refractivity contribution >= 4 is 11.4 Å². The van der Waals surface area contributed by atoms with Gasteiger partial charge in [0.2, 0.25) is 0 Å². The van der Waals surface area contributed by atoms with Gasteiger partial charge < -0.3 is 15.4 Å². The van der Waals surface area contributed by atoms with Crippen LogP contribution in [-0.2, 0) is 4.74 Å². The SMILES string of the molecule is CCC1COC(C)CN1c1ccc(N)cc1C. The number of morpholine rings is 1. The van der Waals surface area contributed by atoms with Crippen LogP contribution < -0.4 is 10.6 Å². The standard InChI is InChI=1S/C14H22N2O/c1-4-13-9-17-11(3)8-16(13)14-6-5-12(15)7-10(14)2/h5-7,11,13H,4,8-9,15H2,1-3H3. The Morgan fingerprint density at radius 2 is 2.24 bits per heavy atom. The second kappa shape index (κ2) is 4.96. The van der Waals surface area contributed by atoms with Gasteiger partial charge in [-0.2, -0.15) is 0 Å². The minimum Gasteiger partial charge on any atom is -0.399 e. The third kappa shape index (κ3) is 2.55. The first-order chi connectivity index (χ1) is 8.11. The van der Waals surface area contributed by atoms with Gasteiger partial charge in [-0.1, -0.05) is 6.92 Å². The molecule has 0 spiro atoms. The Morgan fingerprint density at radius 1 is 1.47 bits per heavy atom. The number of ether oxygens (including phenoxy) is 1. The van der Waals surface area contributed by atoms with E-state index in [9.17, 15) is 0 Å². The molecule has 1 aromatic carbocycles. The number of nitrogens with two attached hydrogens (primary N) is 1. The summed E-state index contributed by atoms with van der Waals surface area (Å²) in [6.45, 7) is 8.25. The van der Waals surface area contributed by atoms with Crippen LogP contribution >= 0.6 is 0 Å². The molecule has 0 amide bonds. The number of rotatable bonds is 2. The largest absolute Gasteiger partial charge is 0.399 e. The maximum Gasteiger partial charge on any atom is 0.0723 e. The van der Waals surface area contributed by atoms with Crippen LogP contribution in [0.5, 0.6) is 0 Å². The molecule has 2 unspecified atom stereocenters. The van der Waals surface area contributed by atoms with Crippen molar-refractivity contribution in [2.45, 2.75) is 39.3 Å². The fourth-order valence-electron chi connectivity index (χ4n) is 2.48. The zero-order valence-electron chi connectivity index (χ0n) is 10.9. The Balaban J connectivity index is 2.28. The summed E-state index contributed by atoms with van der Waals surface area (Å²) in [5.41, 5.74) is 9.18. The molecule has 1 aliphatic heterocycles. The van der Waals surface area contributed by atoms with Crippen LogP contribution in [0.2, 0.25) is 0 Å². The summed E-state index contributed by atoms with van der Waals surface area (Å²) in [5.74, 6) is 0. The van der Waals surface area contributed by atoms with Gasteiger partial charge in [0.1, 0.15) is 0 Å². The van der Waals surface area contributed by atoms with Crippen LogP contribution in [0.15, 0.2) is 18.2 Å². The molecule has 1 heterocycles. The second-order valence-electron chi connectivity index (χ2n) is 4.90. The van der Waals surface area contributed by atoms with Crippen LogP contribution in [0, 0.1) is 6.92 Å². The first kappa shape index (κ1) is 12.2. The van der Waals surface area contributed by atoms with Crippen molar-refractivity contribution in [3.05, 3.63) is 23.8 Å². The minimum atomic E-state index is 0.301. The zero-order valence-corrected chi connectivity index (χ0v) is 10.9. The summed E-state index contributed by atoms with van der Waals surface area (Å²) < 4.78 is 5.73. The van der Waals surface area contributed by atoms with Gasteiger partial charge in [-0.25, -0.2) is 0 Å². The topological polar surface area (TPSA) is 38.5 Å². The second-order valence-corrected chi connectivity index (χ2v) is 4.90. The van der Waals surface area contributed by atoms with E-state index >= 15 is 0 Å². The molecule has 3 nitrogen and oxygen atoms in total. The normalized spacial score (nSPS) is 25.0. The van der Waals surface area contributed by atoms with Crippen molar-refractivity contribution in [1.29, 1.82) is 0 Å². The van der Waals surface area contributed by atoms with E-state index in [2.05, 4.69) is 31.7 Å². The summed E-state index contributed by atoms with van der Waals surface area (Å²) in [5, 5.41) is 0. The molecule has 0 aromatic heterocycles. The number of aryl methyl sites for hydroxylation is 1. The lowest BCUT2D eigenvalue weighted by Crippen LogP contribution is -2.48. The fourth-order valence-corrected chi connectivity index (χ4v) is 2.48. The lowest BCUT2D eigenvalue weighted by molar-refractivity contribution is 0.0299. The van der Waals surface area contributed by atoms with E-state index in [1.165, 1.54) is 11.3 Å². The van der Waals surface area contributed by atoms with Crippen molar-refractivity contribution in [2.75, 3.05) is 23.8 Å². The monoisotopic (exact) mass is 234 g/mol. The Hall–Kier alpha value is -1.22. The van der Waals surface area contributed by atoms with Gasteiger partial charge in [0.05, 0.1) is 18.8 Å². The number of hydrogen-bond acceptors (Lipinski definition) is 3. The van der Waals surface area contributed by atoms with Gasteiger partial charge in [-0.15, -0.1) is 0 Å². The summed E-state index contributed by atoms with van der Waals surface area (Å²) in [7, 11) is 0. The van der Waals surface area contributed by atoms with Crippen LogP contribution in [0.25, 0.3) is 0 Å². The van der Waals surface area contributed by atoms with Gasteiger partial charge in [-0.05, 0) is 44.0 Å². The van der Waals surface area contributed by atoms with Gasteiger partial charge >= 0.3 is 0 Å². The molecule has 0 saturated carbocycles. The van der Waals surface area contributed by atoms with E-state index in [-0.39, 0.29) is 0 Å². The molecule has 2 atom stereocenters. The van der Waals surface area contributed by atoms with Crippen LogP contribution in [0.4, 0.5) is 11.4 Å². The quantitative estimate of drug-likeness (QED) is 0.799. The summed E-state index contributed by atoms with van der Waals surface area (Å²) in [6.07, 6.45) is 1.41. The van der Waals surface area contributed by atoms with E-state index in [4.69, 9.17) is 10.5 Å². The molecule has 17 heavy (non-hydrogen) atoms. The maximum atomic E-state index is 5.81. The molecule has 0 radical (unpaired) electrons. The minimum absolute atomic E-state index is 0.301. The number of nitrogens with zero attached hydrogens (tertiary/aromatic N) is 1. The van der Waals surface area contributed by atoms with Gasteiger partial charge in [0.25, 0.3) is 0 Å². The molecule has 1 aromatic rings. The Bertz CT molecular complexity index is 392. The van der Waals surface area contributed by atoms with Crippen LogP contribution in [0.1, 0.15) is 25.8 Å². The molecule has 1 aliphatic rings. The number of hydrogen-bond donors (Lipinski definition) is 1. The van der Waals surface area contributed by atoms with Crippen LogP contribution in [0.3, 0.4) is 0 Å². The highest BCUT2D eigenvalue weighted by Gasteiger charge is 2.26. The van der Waals surface area contributed by atoms with Crippen molar-refractivity contribution < 1.29 is 4.74 Å². The molecule has 1 fully saturated rings. The predicted octanol–water partition coefficient (Wildman–Crippen LogP) is 2.58. The molecule has 1 saturated heterocycles. The fraction of sp³-hybridized carbons (Fsp3) is 0.571. The average Bonchev–Trinajstić information content (AvgIpc) is 2.29. The highest BCUT2D eigenvalue weighted by atomic mass is 16.5. The van der Waals surface area contributed by atoms with Crippen LogP contribution in [-0.4, -0.2) is 25.3 Å². The smallest absolute Gasteiger partial charge is 0.0723 e. The first-order valence-electron chi connectivity index (χ1n) is 6.36. The van der Waals surface area contributed by atoms with Crippen molar-refractivity contribution in [3.63, 3.8) is 0 Å². The molecular formula is C14H22N2O. The molecule has 2 rings (SSSR count). The predicted molar refractivity (Wildman–Crippen MR) is 72.4 cm³/mol. The lowest BCUT2D eigenvalue weighted by atomic mass is 10.1. The Labute approximate surface area is 104 Å². The maximum absolute atomic E-state index is 5.81. The van der Waals surface area contributed by atoms with Crippen molar-refractivity contribution in [1.82, 2.24) is 0 Å².